The molecule has 1 aliphatic heterocycles. The van der Waals surface area contributed by atoms with Crippen molar-refractivity contribution in [3.63, 3.8) is 0 Å². The highest BCUT2D eigenvalue weighted by atomic mass is 16.2. The SMILES string of the molecule is CNC(=O)c1ccc(NC(=O)CN2C(=O)NC(C)(c3ccc(C(C)(C)C)cc3)C2=O)cc1. The number of nitrogens with one attached hydrogen (secondary N) is 3. The Labute approximate surface area is 187 Å². The molecule has 1 aliphatic rings. The number of urea groups is 1. The highest BCUT2D eigenvalue weighted by molar-refractivity contribution is 6.10. The first kappa shape index (κ1) is 23.0. The molecular formula is C24H28N4O4. The van der Waals surface area contributed by atoms with Crippen LogP contribution in [0.15, 0.2) is 48.5 Å². The van der Waals surface area contributed by atoms with Crippen molar-refractivity contribution in [2.75, 3.05) is 18.9 Å². The van der Waals surface area contributed by atoms with Gasteiger partial charge in [-0.3, -0.25) is 19.3 Å². The Bertz CT molecular complexity index is 1050. The van der Waals surface area contributed by atoms with Crippen LogP contribution in [-0.4, -0.2) is 42.2 Å². The summed E-state index contributed by atoms with van der Waals surface area (Å²) in [6.45, 7) is 7.50. The molecule has 1 unspecified atom stereocenters. The summed E-state index contributed by atoms with van der Waals surface area (Å²) in [5.74, 6) is -1.25. The molecule has 0 saturated carbocycles. The fourth-order valence-electron chi connectivity index (χ4n) is 3.53. The second-order valence-electron chi connectivity index (χ2n) is 8.98. The van der Waals surface area contributed by atoms with Crippen molar-refractivity contribution in [1.82, 2.24) is 15.5 Å². The van der Waals surface area contributed by atoms with E-state index >= 15 is 0 Å². The average Bonchev–Trinajstić information content (AvgIpc) is 2.97. The van der Waals surface area contributed by atoms with Gasteiger partial charge in [0.05, 0.1) is 0 Å². The molecule has 3 N–H and O–H groups in total. The van der Waals surface area contributed by atoms with Crippen LogP contribution in [0, 0.1) is 0 Å². The molecule has 1 saturated heterocycles. The van der Waals surface area contributed by atoms with Gasteiger partial charge < -0.3 is 16.0 Å². The normalized spacial score (nSPS) is 18.3. The Morgan fingerprint density at radius 3 is 2.12 bits per heavy atom. The van der Waals surface area contributed by atoms with Gasteiger partial charge in [0.1, 0.15) is 12.1 Å². The van der Waals surface area contributed by atoms with E-state index in [1.807, 2.05) is 24.3 Å². The van der Waals surface area contributed by atoms with E-state index in [1.165, 1.54) is 7.05 Å². The lowest BCUT2D eigenvalue weighted by atomic mass is 9.84. The molecule has 3 rings (SSSR count). The molecule has 0 bridgehead atoms. The number of rotatable bonds is 5. The third kappa shape index (κ3) is 4.49. The lowest BCUT2D eigenvalue weighted by molar-refractivity contribution is -0.133. The number of amides is 5. The summed E-state index contributed by atoms with van der Waals surface area (Å²) in [5.41, 5.74) is 1.38. The molecule has 168 valence electrons. The molecule has 0 aromatic heterocycles. The maximum atomic E-state index is 13.1. The first-order chi connectivity index (χ1) is 15.0. The zero-order valence-corrected chi connectivity index (χ0v) is 18.9. The van der Waals surface area contributed by atoms with Crippen LogP contribution in [0.25, 0.3) is 0 Å². The first-order valence-electron chi connectivity index (χ1n) is 10.3. The second-order valence-corrected chi connectivity index (χ2v) is 8.98. The van der Waals surface area contributed by atoms with Crippen molar-refractivity contribution in [2.24, 2.45) is 0 Å². The highest BCUT2D eigenvalue weighted by Crippen LogP contribution is 2.31. The number of hydrogen-bond acceptors (Lipinski definition) is 4. The van der Waals surface area contributed by atoms with Crippen LogP contribution in [0.1, 0.15) is 49.2 Å². The lowest BCUT2D eigenvalue weighted by Crippen LogP contribution is -2.42. The second kappa shape index (κ2) is 8.45. The van der Waals surface area contributed by atoms with E-state index < -0.39 is 29.9 Å². The number of nitrogens with zero attached hydrogens (tertiary/aromatic N) is 1. The Kier molecular flexibility index (Phi) is 6.07. The van der Waals surface area contributed by atoms with Crippen molar-refractivity contribution in [1.29, 1.82) is 0 Å². The molecule has 1 atom stereocenters. The number of benzene rings is 2. The summed E-state index contributed by atoms with van der Waals surface area (Å²) in [6.07, 6.45) is 0. The van der Waals surface area contributed by atoms with Crippen molar-refractivity contribution >= 4 is 29.4 Å². The van der Waals surface area contributed by atoms with Gasteiger partial charge in [0.25, 0.3) is 11.8 Å². The number of imide groups is 1. The van der Waals surface area contributed by atoms with Crippen molar-refractivity contribution < 1.29 is 19.2 Å². The fraction of sp³-hybridized carbons (Fsp3) is 0.333. The number of carbonyl (C=O) groups is 4. The summed E-state index contributed by atoms with van der Waals surface area (Å²) < 4.78 is 0. The van der Waals surface area contributed by atoms with Gasteiger partial charge in [-0.2, -0.15) is 0 Å². The van der Waals surface area contributed by atoms with Gasteiger partial charge in [-0.25, -0.2) is 4.79 Å². The fourth-order valence-corrected chi connectivity index (χ4v) is 3.53. The van der Waals surface area contributed by atoms with Gasteiger partial charge in [-0.15, -0.1) is 0 Å². The smallest absolute Gasteiger partial charge is 0.325 e. The third-order valence-corrected chi connectivity index (χ3v) is 5.56. The molecule has 8 heteroatoms. The van der Waals surface area contributed by atoms with Crippen LogP contribution < -0.4 is 16.0 Å². The van der Waals surface area contributed by atoms with Gasteiger partial charge in [0.15, 0.2) is 0 Å². The minimum absolute atomic E-state index is 0.0367. The van der Waals surface area contributed by atoms with Crippen molar-refractivity contribution in [2.45, 2.75) is 38.6 Å². The molecule has 0 radical (unpaired) electrons. The Morgan fingerprint density at radius 2 is 1.59 bits per heavy atom. The quantitative estimate of drug-likeness (QED) is 0.627. The maximum absolute atomic E-state index is 13.1. The molecule has 2 aromatic rings. The molecule has 0 spiro atoms. The van der Waals surface area contributed by atoms with Gasteiger partial charge >= 0.3 is 6.03 Å². The summed E-state index contributed by atoms with van der Waals surface area (Å²) in [4.78, 5) is 50.6. The molecule has 1 heterocycles. The maximum Gasteiger partial charge on any atom is 0.325 e. The molecule has 0 aliphatic carbocycles. The topological polar surface area (TPSA) is 108 Å². The van der Waals surface area contributed by atoms with Gasteiger partial charge in [-0.1, -0.05) is 45.0 Å². The van der Waals surface area contributed by atoms with E-state index in [1.54, 1.807) is 31.2 Å². The highest BCUT2D eigenvalue weighted by Gasteiger charge is 2.49. The average molecular weight is 437 g/mol. The number of carbonyl (C=O) groups excluding carboxylic acids is 4. The monoisotopic (exact) mass is 436 g/mol. The third-order valence-electron chi connectivity index (χ3n) is 5.56. The summed E-state index contributed by atoms with van der Waals surface area (Å²) >= 11 is 0. The molecule has 1 fully saturated rings. The van der Waals surface area contributed by atoms with Crippen LogP contribution in [0.2, 0.25) is 0 Å². The zero-order valence-electron chi connectivity index (χ0n) is 18.9. The minimum Gasteiger partial charge on any atom is -0.355 e. The van der Waals surface area contributed by atoms with E-state index in [9.17, 15) is 19.2 Å². The van der Waals surface area contributed by atoms with Crippen LogP contribution in [0.3, 0.4) is 0 Å². The minimum atomic E-state index is -1.25. The van der Waals surface area contributed by atoms with E-state index in [4.69, 9.17) is 0 Å². The number of hydrogen-bond donors (Lipinski definition) is 3. The van der Waals surface area contributed by atoms with E-state index in [2.05, 4.69) is 36.7 Å². The summed E-state index contributed by atoms with van der Waals surface area (Å²) in [6, 6.07) is 13.2. The molecular weight excluding hydrogens is 408 g/mol. The molecule has 2 aromatic carbocycles. The van der Waals surface area contributed by atoms with Crippen LogP contribution in [0.4, 0.5) is 10.5 Å². The first-order valence-corrected chi connectivity index (χ1v) is 10.3. The Hall–Kier alpha value is -3.68. The van der Waals surface area contributed by atoms with Crippen LogP contribution in [0.5, 0.6) is 0 Å². The van der Waals surface area contributed by atoms with E-state index in [-0.39, 0.29) is 11.3 Å². The molecule has 32 heavy (non-hydrogen) atoms. The molecule has 5 amide bonds. The zero-order chi connectivity index (χ0) is 23.7. The summed E-state index contributed by atoms with van der Waals surface area (Å²) in [5, 5.41) is 7.87. The number of anilines is 1. The van der Waals surface area contributed by atoms with Crippen molar-refractivity contribution in [3.8, 4) is 0 Å². The Balaban J connectivity index is 1.70. The van der Waals surface area contributed by atoms with Gasteiger partial charge in [-0.05, 0) is 47.7 Å². The largest absolute Gasteiger partial charge is 0.355 e. The lowest BCUT2D eigenvalue weighted by Gasteiger charge is -2.24. The van der Waals surface area contributed by atoms with Gasteiger partial charge in [0.2, 0.25) is 5.91 Å². The summed E-state index contributed by atoms with van der Waals surface area (Å²) in [7, 11) is 1.53. The Morgan fingerprint density at radius 1 is 1.00 bits per heavy atom. The van der Waals surface area contributed by atoms with E-state index in [0.29, 0.717) is 16.8 Å². The predicted molar refractivity (Wildman–Crippen MR) is 121 cm³/mol. The van der Waals surface area contributed by atoms with Gasteiger partial charge in [0, 0.05) is 18.3 Å². The predicted octanol–water partition coefficient (Wildman–Crippen LogP) is 2.75. The van der Waals surface area contributed by atoms with Crippen molar-refractivity contribution in [3.05, 3.63) is 65.2 Å². The van der Waals surface area contributed by atoms with Crippen LogP contribution >= 0.6 is 0 Å². The van der Waals surface area contributed by atoms with E-state index in [0.717, 1.165) is 10.5 Å². The van der Waals surface area contributed by atoms with Crippen LogP contribution in [-0.2, 0) is 20.5 Å². The standard InChI is InChI=1S/C24H28N4O4/c1-23(2,3)16-8-10-17(11-9-16)24(4)21(31)28(22(32)27-24)14-19(29)26-18-12-6-15(7-13-18)20(30)25-5/h6-13H,14H2,1-5H3,(H,25,30)(H,26,29)(H,27,32). The molecule has 8 nitrogen and oxygen atoms in total.